The van der Waals surface area contributed by atoms with Crippen molar-refractivity contribution in [2.45, 2.75) is 52.6 Å². The fraction of sp³-hybridized carbons (Fsp3) is 1.00. The summed E-state index contributed by atoms with van der Waals surface area (Å²) in [6.45, 7) is 7.60. The van der Waals surface area contributed by atoms with E-state index in [0.717, 1.165) is 12.8 Å². The fourth-order valence-corrected chi connectivity index (χ4v) is 2.60. The quantitative estimate of drug-likeness (QED) is 0.687. The van der Waals surface area contributed by atoms with Gasteiger partial charge in [-0.05, 0) is 19.3 Å². The van der Waals surface area contributed by atoms with Gasteiger partial charge in [-0.3, -0.25) is 0 Å². The van der Waals surface area contributed by atoms with Crippen molar-refractivity contribution in [1.82, 2.24) is 4.72 Å². The van der Waals surface area contributed by atoms with Gasteiger partial charge in [-0.15, -0.1) is 0 Å². The third kappa shape index (κ3) is 5.82. The van der Waals surface area contributed by atoms with Gasteiger partial charge in [0.15, 0.2) is 0 Å². The van der Waals surface area contributed by atoms with Crippen LogP contribution in [0.5, 0.6) is 0 Å². The second kappa shape index (κ2) is 6.57. The molecule has 5 heteroatoms. The van der Waals surface area contributed by atoms with Crippen molar-refractivity contribution >= 4 is 10.0 Å². The molecule has 0 aromatic heterocycles. The predicted octanol–water partition coefficient (Wildman–Crippen LogP) is 1.50. The zero-order chi connectivity index (χ0) is 12.8. The van der Waals surface area contributed by atoms with E-state index in [2.05, 4.69) is 4.72 Å². The van der Waals surface area contributed by atoms with Crippen LogP contribution in [0.25, 0.3) is 0 Å². The minimum Gasteiger partial charge on any atom is -0.389 e. The molecule has 2 N–H and O–H groups in total. The molecule has 0 saturated carbocycles. The monoisotopic (exact) mass is 251 g/mol. The van der Waals surface area contributed by atoms with Gasteiger partial charge < -0.3 is 5.11 Å². The number of unbranched alkanes of at least 4 members (excludes halogenated alkanes) is 1. The minimum atomic E-state index is -3.23. The summed E-state index contributed by atoms with van der Waals surface area (Å²) in [5.41, 5.74) is -0.978. The molecule has 0 spiro atoms. The van der Waals surface area contributed by atoms with Gasteiger partial charge in [-0.1, -0.05) is 33.6 Å². The van der Waals surface area contributed by atoms with E-state index in [1.54, 1.807) is 6.92 Å². The van der Waals surface area contributed by atoms with E-state index >= 15 is 0 Å². The van der Waals surface area contributed by atoms with Crippen LogP contribution in [0.4, 0.5) is 0 Å². The second-order valence-corrected chi connectivity index (χ2v) is 6.59. The zero-order valence-electron chi connectivity index (χ0n) is 10.8. The summed E-state index contributed by atoms with van der Waals surface area (Å²) in [6, 6.07) is 0. The van der Waals surface area contributed by atoms with E-state index in [4.69, 9.17) is 0 Å². The van der Waals surface area contributed by atoms with Crippen LogP contribution in [0, 0.1) is 5.92 Å². The maximum absolute atomic E-state index is 11.5. The van der Waals surface area contributed by atoms with Gasteiger partial charge in [0.2, 0.25) is 10.0 Å². The number of rotatable bonds is 8. The molecule has 4 nitrogen and oxygen atoms in total. The second-order valence-electron chi connectivity index (χ2n) is 4.66. The Balaban J connectivity index is 4.23. The van der Waals surface area contributed by atoms with Crippen LogP contribution in [0.1, 0.15) is 47.0 Å². The number of hydrogen-bond donors (Lipinski definition) is 2. The van der Waals surface area contributed by atoms with Crippen molar-refractivity contribution in [3.63, 3.8) is 0 Å². The molecule has 0 radical (unpaired) electrons. The SMILES string of the molecule is CCCCS(=O)(=O)NC[C@](C)(O)[C@@H](C)CC. The molecular weight excluding hydrogens is 226 g/mol. The Labute approximate surface area is 99.5 Å². The summed E-state index contributed by atoms with van der Waals surface area (Å²) in [4.78, 5) is 0. The molecule has 16 heavy (non-hydrogen) atoms. The first-order valence-electron chi connectivity index (χ1n) is 5.95. The molecule has 0 amide bonds. The molecule has 0 aromatic carbocycles. The average Bonchev–Trinajstić information content (AvgIpc) is 2.23. The summed E-state index contributed by atoms with van der Waals surface area (Å²) in [7, 11) is -3.23. The normalized spacial score (nSPS) is 18.1. The van der Waals surface area contributed by atoms with E-state index in [0.29, 0.717) is 6.42 Å². The summed E-state index contributed by atoms with van der Waals surface area (Å²) in [5.74, 6) is 0.210. The number of nitrogens with one attached hydrogen (secondary N) is 1. The highest BCUT2D eigenvalue weighted by molar-refractivity contribution is 7.89. The molecule has 0 fully saturated rings. The highest BCUT2D eigenvalue weighted by atomic mass is 32.2. The Morgan fingerprint density at radius 1 is 1.38 bits per heavy atom. The molecule has 98 valence electrons. The van der Waals surface area contributed by atoms with Gasteiger partial charge >= 0.3 is 0 Å². The lowest BCUT2D eigenvalue weighted by Crippen LogP contribution is -2.45. The first kappa shape index (κ1) is 15.9. The lowest BCUT2D eigenvalue weighted by Gasteiger charge is -2.29. The van der Waals surface area contributed by atoms with Gasteiger partial charge in [-0.2, -0.15) is 0 Å². The molecule has 0 unspecified atom stereocenters. The fourth-order valence-electron chi connectivity index (χ4n) is 1.28. The Bertz CT molecular complexity index is 286. The highest BCUT2D eigenvalue weighted by Crippen LogP contribution is 2.19. The lowest BCUT2D eigenvalue weighted by atomic mass is 9.89. The van der Waals surface area contributed by atoms with Gasteiger partial charge in [0, 0.05) is 6.54 Å². The molecular formula is C11H25NO3S. The Kier molecular flexibility index (Phi) is 6.51. The first-order valence-corrected chi connectivity index (χ1v) is 7.60. The molecule has 0 heterocycles. The standard InChI is InChI=1S/C11H25NO3S/c1-5-7-8-16(14,15)12-9-11(4,13)10(3)6-2/h10,12-13H,5-9H2,1-4H3/t10-,11-/m0/s1. The van der Waals surface area contributed by atoms with Gasteiger partial charge in [0.25, 0.3) is 0 Å². The van der Waals surface area contributed by atoms with Crippen LogP contribution < -0.4 is 4.72 Å². The first-order chi connectivity index (χ1) is 7.25. The Morgan fingerprint density at radius 3 is 2.38 bits per heavy atom. The highest BCUT2D eigenvalue weighted by Gasteiger charge is 2.28. The van der Waals surface area contributed by atoms with Gasteiger partial charge in [0.1, 0.15) is 0 Å². The maximum Gasteiger partial charge on any atom is 0.211 e. The van der Waals surface area contributed by atoms with Crippen molar-refractivity contribution in [3.05, 3.63) is 0 Å². The Morgan fingerprint density at radius 2 is 1.94 bits per heavy atom. The van der Waals surface area contributed by atoms with Crippen molar-refractivity contribution < 1.29 is 13.5 Å². The van der Waals surface area contributed by atoms with Crippen LogP contribution in [0.3, 0.4) is 0 Å². The molecule has 0 rings (SSSR count). The van der Waals surface area contributed by atoms with Crippen LogP contribution >= 0.6 is 0 Å². The predicted molar refractivity (Wildman–Crippen MR) is 66.8 cm³/mol. The number of hydrogen-bond acceptors (Lipinski definition) is 3. The minimum absolute atomic E-state index is 0.0707. The van der Waals surface area contributed by atoms with E-state index in [1.165, 1.54) is 0 Å². The van der Waals surface area contributed by atoms with Crippen LogP contribution in [0.15, 0.2) is 0 Å². The molecule has 0 aliphatic rings. The summed E-state index contributed by atoms with van der Waals surface area (Å²) < 4.78 is 25.5. The third-order valence-electron chi connectivity index (χ3n) is 3.09. The van der Waals surface area contributed by atoms with Crippen LogP contribution in [0.2, 0.25) is 0 Å². The van der Waals surface area contributed by atoms with E-state index in [1.807, 2.05) is 20.8 Å². The van der Waals surface area contributed by atoms with Gasteiger partial charge in [-0.25, -0.2) is 13.1 Å². The van der Waals surface area contributed by atoms with Crippen LogP contribution in [-0.4, -0.2) is 31.4 Å². The third-order valence-corrected chi connectivity index (χ3v) is 4.50. The van der Waals surface area contributed by atoms with Crippen molar-refractivity contribution in [3.8, 4) is 0 Å². The molecule has 0 bridgehead atoms. The number of aliphatic hydroxyl groups is 1. The molecule has 0 saturated heterocycles. The topological polar surface area (TPSA) is 66.4 Å². The van der Waals surface area contributed by atoms with Crippen molar-refractivity contribution in [2.75, 3.05) is 12.3 Å². The molecule has 0 aliphatic heterocycles. The molecule has 0 aliphatic carbocycles. The number of sulfonamides is 1. The lowest BCUT2D eigenvalue weighted by molar-refractivity contribution is 0.0102. The van der Waals surface area contributed by atoms with E-state index in [9.17, 15) is 13.5 Å². The van der Waals surface area contributed by atoms with Crippen molar-refractivity contribution in [1.29, 1.82) is 0 Å². The Hall–Kier alpha value is -0.130. The maximum atomic E-state index is 11.5. The van der Waals surface area contributed by atoms with Gasteiger partial charge in [0.05, 0.1) is 11.4 Å². The van der Waals surface area contributed by atoms with E-state index < -0.39 is 15.6 Å². The zero-order valence-corrected chi connectivity index (χ0v) is 11.6. The summed E-state index contributed by atoms with van der Waals surface area (Å²) >= 11 is 0. The molecule has 0 aromatic rings. The summed E-state index contributed by atoms with van der Waals surface area (Å²) in [5, 5.41) is 10.0. The van der Waals surface area contributed by atoms with Crippen molar-refractivity contribution in [2.24, 2.45) is 5.92 Å². The van der Waals surface area contributed by atoms with E-state index in [-0.39, 0.29) is 18.2 Å². The molecule has 2 atom stereocenters. The summed E-state index contributed by atoms with van der Waals surface area (Å²) in [6.07, 6.45) is 2.33. The van der Waals surface area contributed by atoms with Crippen LogP contribution in [-0.2, 0) is 10.0 Å². The average molecular weight is 251 g/mol. The largest absolute Gasteiger partial charge is 0.389 e. The smallest absolute Gasteiger partial charge is 0.211 e.